The maximum Gasteiger partial charge on any atom is 0.339 e. The summed E-state index contributed by atoms with van der Waals surface area (Å²) in [5.41, 5.74) is 1.93. The zero-order valence-electron chi connectivity index (χ0n) is 12.2. The first kappa shape index (κ1) is 16.6. The van der Waals surface area contributed by atoms with Crippen molar-refractivity contribution >= 4 is 38.6 Å². The van der Waals surface area contributed by atoms with Gasteiger partial charge in [-0.05, 0) is 30.3 Å². The summed E-state index contributed by atoms with van der Waals surface area (Å²) in [4.78, 5) is 15.6. The SMILES string of the molecule is COC(=O)c1ccc(CN(c2cccc(Br)c2)S(C)=O)nc1. The molecule has 1 aromatic heterocycles. The number of halogens is 1. The maximum absolute atomic E-state index is 12.0. The minimum absolute atomic E-state index is 0.376. The van der Waals surface area contributed by atoms with Gasteiger partial charge in [-0.1, -0.05) is 22.0 Å². The van der Waals surface area contributed by atoms with E-state index in [4.69, 9.17) is 0 Å². The van der Waals surface area contributed by atoms with Crippen molar-refractivity contribution in [2.24, 2.45) is 0 Å². The van der Waals surface area contributed by atoms with Crippen LogP contribution in [0.15, 0.2) is 47.1 Å². The van der Waals surface area contributed by atoms with Crippen LogP contribution in [-0.4, -0.2) is 28.5 Å². The minimum atomic E-state index is -1.20. The average Bonchev–Trinajstić information content (AvgIpc) is 2.52. The largest absolute Gasteiger partial charge is 0.465 e. The smallest absolute Gasteiger partial charge is 0.339 e. The second-order valence-corrected chi connectivity index (χ2v) is 6.67. The Morgan fingerprint density at radius 2 is 2.14 bits per heavy atom. The van der Waals surface area contributed by atoms with Gasteiger partial charge in [0.25, 0.3) is 0 Å². The summed E-state index contributed by atoms with van der Waals surface area (Å²) < 4.78 is 19.3. The first-order chi connectivity index (χ1) is 10.5. The first-order valence-electron chi connectivity index (χ1n) is 6.41. The number of rotatable bonds is 5. The van der Waals surface area contributed by atoms with E-state index in [1.807, 2.05) is 24.3 Å². The fraction of sp³-hybridized carbons (Fsp3) is 0.200. The Kier molecular flexibility index (Phi) is 5.68. The van der Waals surface area contributed by atoms with E-state index in [1.54, 1.807) is 22.7 Å². The van der Waals surface area contributed by atoms with E-state index in [-0.39, 0.29) is 0 Å². The molecule has 1 aromatic carbocycles. The van der Waals surface area contributed by atoms with Gasteiger partial charge < -0.3 is 4.74 Å². The third-order valence-corrected chi connectivity index (χ3v) is 4.41. The van der Waals surface area contributed by atoms with Crippen molar-refractivity contribution in [2.75, 3.05) is 17.7 Å². The van der Waals surface area contributed by atoms with Gasteiger partial charge in [0.1, 0.15) is 11.0 Å². The molecule has 0 aliphatic rings. The summed E-state index contributed by atoms with van der Waals surface area (Å²) >= 11 is 3.41. The summed E-state index contributed by atoms with van der Waals surface area (Å²) in [6, 6.07) is 10.9. The van der Waals surface area contributed by atoms with Gasteiger partial charge >= 0.3 is 5.97 Å². The lowest BCUT2D eigenvalue weighted by Gasteiger charge is -2.21. The van der Waals surface area contributed by atoms with Crippen LogP contribution in [0.1, 0.15) is 16.1 Å². The maximum atomic E-state index is 12.0. The molecule has 1 atom stereocenters. The summed E-state index contributed by atoms with van der Waals surface area (Å²) in [6.45, 7) is 0.376. The van der Waals surface area contributed by atoms with Gasteiger partial charge in [-0.25, -0.2) is 9.00 Å². The molecule has 22 heavy (non-hydrogen) atoms. The molecule has 2 rings (SSSR count). The predicted molar refractivity (Wildman–Crippen MR) is 90.0 cm³/mol. The molecule has 0 saturated heterocycles. The molecule has 1 heterocycles. The molecule has 116 valence electrons. The van der Waals surface area contributed by atoms with Crippen LogP contribution >= 0.6 is 15.9 Å². The number of pyridine rings is 1. The van der Waals surface area contributed by atoms with E-state index in [0.717, 1.165) is 10.2 Å². The zero-order valence-corrected chi connectivity index (χ0v) is 14.6. The number of hydrogen-bond acceptors (Lipinski definition) is 4. The van der Waals surface area contributed by atoms with E-state index in [0.29, 0.717) is 17.8 Å². The van der Waals surface area contributed by atoms with Crippen molar-refractivity contribution in [3.8, 4) is 0 Å². The highest BCUT2D eigenvalue weighted by molar-refractivity contribution is 9.10. The molecule has 0 aliphatic heterocycles. The monoisotopic (exact) mass is 382 g/mol. The van der Waals surface area contributed by atoms with Crippen molar-refractivity contribution in [1.82, 2.24) is 4.98 Å². The van der Waals surface area contributed by atoms with Crippen LogP contribution in [0.5, 0.6) is 0 Å². The molecule has 0 amide bonds. The highest BCUT2D eigenvalue weighted by atomic mass is 79.9. The fourth-order valence-electron chi connectivity index (χ4n) is 1.87. The van der Waals surface area contributed by atoms with Gasteiger partial charge in [0.05, 0.1) is 30.6 Å². The van der Waals surface area contributed by atoms with Gasteiger partial charge in [-0.3, -0.25) is 9.29 Å². The van der Waals surface area contributed by atoms with Crippen LogP contribution in [0.25, 0.3) is 0 Å². The van der Waals surface area contributed by atoms with E-state index < -0.39 is 17.0 Å². The standard InChI is InChI=1S/C15H15BrN2O3S/c1-21-15(19)11-6-7-13(17-9-11)10-18(22(2)20)14-5-3-4-12(16)8-14/h3-9H,10H2,1-2H3. The number of esters is 1. The van der Waals surface area contributed by atoms with Crippen LogP contribution in [-0.2, 0) is 22.3 Å². The van der Waals surface area contributed by atoms with E-state index in [2.05, 4.69) is 25.7 Å². The number of anilines is 1. The van der Waals surface area contributed by atoms with E-state index >= 15 is 0 Å². The molecular weight excluding hydrogens is 368 g/mol. The number of carbonyl (C=O) groups is 1. The third-order valence-electron chi connectivity index (χ3n) is 2.96. The second-order valence-electron chi connectivity index (χ2n) is 4.47. The molecule has 0 bridgehead atoms. The lowest BCUT2D eigenvalue weighted by Crippen LogP contribution is -2.24. The van der Waals surface area contributed by atoms with Crippen molar-refractivity contribution in [1.29, 1.82) is 0 Å². The third kappa shape index (κ3) is 4.14. The molecule has 0 radical (unpaired) electrons. The van der Waals surface area contributed by atoms with Gasteiger partial charge in [0.2, 0.25) is 0 Å². The molecular formula is C15H15BrN2O3S. The Labute approximate surface area is 140 Å². The number of ether oxygens (including phenoxy) is 1. The second kappa shape index (κ2) is 7.51. The minimum Gasteiger partial charge on any atom is -0.465 e. The van der Waals surface area contributed by atoms with Gasteiger partial charge in [0, 0.05) is 16.9 Å². The van der Waals surface area contributed by atoms with E-state index in [1.165, 1.54) is 13.3 Å². The van der Waals surface area contributed by atoms with Gasteiger partial charge in [0.15, 0.2) is 0 Å². The summed E-state index contributed by atoms with van der Waals surface area (Å²) in [6.07, 6.45) is 3.07. The first-order valence-corrected chi connectivity index (χ1v) is 8.72. The molecule has 0 fully saturated rings. The Bertz CT molecular complexity index is 691. The Morgan fingerprint density at radius 1 is 1.36 bits per heavy atom. The number of carbonyl (C=O) groups excluding carboxylic acids is 1. The number of hydrogen-bond donors (Lipinski definition) is 0. The molecule has 2 aromatic rings. The summed E-state index contributed by atoms with van der Waals surface area (Å²) in [5, 5.41) is 0. The van der Waals surface area contributed by atoms with Crippen molar-refractivity contribution in [3.05, 3.63) is 58.3 Å². The van der Waals surface area contributed by atoms with Crippen molar-refractivity contribution in [2.45, 2.75) is 6.54 Å². The Morgan fingerprint density at radius 3 is 2.68 bits per heavy atom. The number of nitrogens with zero attached hydrogens (tertiary/aromatic N) is 2. The highest BCUT2D eigenvalue weighted by Crippen LogP contribution is 2.22. The van der Waals surface area contributed by atoms with Crippen molar-refractivity contribution in [3.63, 3.8) is 0 Å². The number of methoxy groups -OCH3 is 1. The molecule has 5 nitrogen and oxygen atoms in total. The van der Waals surface area contributed by atoms with E-state index in [9.17, 15) is 9.00 Å². The zero-order chi connectivity index (χ0) is 16.1. The number of benzene rings is 1. The Hall–Kier alpha value is -1.73. The molecule has 0 saturated carbocycles. The van der Waals surface area contributed by atoms with Crippen LogP contribution < -0.4 is 4.31 Å². The van der Waals surface area contributed by atoms with Crippen LogP contribution in [0.2, 0.25) is 0 Å². The lowest BCUT2D eigenvalue weighted by atomic mass is 10.2. The molecule has 7 heteroatoms. The van der Waals surface area contributed by atoms with Crippen LogP contribution in [0.4, 0.5) is 5.69 Å². The fourth-order valence-corrected chi connectivity index (χ4v) is 2.98. The Balaban J connectivity index is 2.22. The quantitative estimate of drug-likeness (QED) is 0.745. The molecule has 0 aliphatic carbocycles. The average molecular weight is 383 g/mol. The summed E-state index contributed by atoms with van der Waals surface area (Å²) in [7, 11) is 0.127. The predicted octanol–water partition coefficient (Wildman–Crippen LogP) is 2.93. The van der Waals surface area contributed by atoms with Crippen LogP contribution in [0, 0.1) is 0 Å². The van der Waals surface area contributed by atoms with Crippen molar-refractivity contribution < 1.29 is 13.7 Å². The number of aromatic nitrogens is 1. The topological polar surface area (TPSA) is 59.5 Å². The molecule has 0 N–H and O–H groups in total. The molecule has 1 unspecified atom stereocenters. The van der Waals surface area contributed by atoms with Gasteiger partial charge in [-0.15, -0.1) is 0 Å². The van der Waals surface area contributed by atoms with Crippen LogP contribution in [0.3, 0.4) is 0 Å². The summed E-state index contributed by atoms with van der Waals surface area (Å²) in [5.74, 6) is -0.429. The highest BCUT2D eigenvalue weighted by Gasteiger charge is 2.13. The molecule has 0 spiro atoms. The van der Waals surface area contributed by atoms with Gasteiger partial charge in [-0.2, -0.15) is 0 Å². The lowest BCUT2D eigenvalue weighted by molar-refractivity contribution is 0.0600. The normalized spacial score (nSPS) is 11.8.